The highest BCUT2D eigenvalue weighted by atomic mass is 32.1. The molecule has 0 spiro atoms. The minimum absolute atomic E-state index is 0.0395. The van der Waals surface area contributed by atoms with Crippen LogP contribution < -0.4 is 5.32 Å². The monoisotopic (exact) mass is 297 g/mol. The molecule has 3 rings (SSSR count). The van der Waals surface area contributed by atoms with Gasteiger partial charge >= 0.3 is 0 Å². The number of benzene rings is 1. The molecule has 4 nitrogen and oxygen atoms in total. The number of anilines is 1. The number of aromatic nitrogens is 2. The zero-order valence-corrected chi connectivity index (χ0v) is 12.2. The van der Waals surface area contributed by atoms with Crippen LogP contribution in [0.2, 0.25) is 0 Å². The summed E-state index contributed by atoms with van der Waals surface area (Å²) in [6.45, 7) is 0. The van der Waals surface area contributed by atoms with Crippen molar-refractivity contribution in [1.29, 1.82) is 0 Å². The van der Waals surface area contributed by atoms with Crippen molar-refractivity contribution >= 4 is 22.9 Å². The van der Waals surface area contributed by atoms with Crippen LogP contribution in [0.3, 0.4) is 0 Å². The Hall–Kier alpha value is -2.40. The van der Waals surface area contributed by atoms with E-state index in [1.54, 1.807) is 17.5 Å². The van der Waals surface area contributed by atoms with E-state index in [9.17, 15) is 4.79 Å². The number of hydrogen-bond acceptors (Lipinski definition) is 3. The number of amides is 1. The first-order valence-electron chi connectivity index (χ1n) is 6.73. The molecular weight excluding hydrogens is 282 g/mol. The number of hydrogen-bond donors (Lipinski definition) is 2. The maximum Gasteiger partial charge on any atom is 0.224 e. The number of thiophene rings is 1. The van der Waals surface area contributed by atoms with Crippen LogP contribution in [0.4, 0.5) is 5.69 Å². The van der Waals surface area contributed by atoms with E-state index in [-0.39, 0.29) is 5.91 Å². The Morgan fingerprint density at radius 2 is 2.05 bits per heavy atom. The second-order valence-electron chi connectivity index (χ2n) is 4.68. The van der Waals surface area contributed by atoms with Crippen LogP contribution in [0.1, 0.15) is 11.3 Å². The van der Waals surface area contributed by atoms with E-state index in [0.29, 0.717) is 6.42 Å². The minimum atomic E-state index is 0.0395. The van der Waals surface area contributed by atoms with Crippen LogP contribution in [-0.4, -0.2) is 16.1 Å². The van der Waals surface area contributed by atoms with E-state index in [0.717, 1.165) is 23.4 Å². The van der Waals surface area contributed by atoms with Gasteiger partial charge in [0.2, 0.25) is 5.91 Å². The molecule has 2 aromatic heterocycles. The second kappa shape index (κ2) is 6.37. The standard InChI is InChI=1S/C16H15N3OS/c20-16(8-7-14-2-1-11-21-14)18-13-5-3-12(4-6-13)15-9-10-17-19-15/h1-6,9-11H,7-8H2,(H,17,19)(H,18,20). The topological polar surface area (TPSA) is 57.8 Å². The number of nitrogens with zero attached hydrogens (tertiary/aromatic N) is 1. The summed E-state index contributed by atoms with van der Waals surface area (Å²) in [5, 5.41) is 11.8. The maximum atomic E-state index is 11.9. The Balaban J connectivity index is 1.56. The lowest BCUT2D eigenvalue weighted by Gasteiger charge is -2.05. The van der Waals surface area contributed by atoms with Gasteiger partial charge in [-0.3, -0.25) is 9.89 Å². The van der Waals surface area contributed by atoms with Gasteiger partial charge in [0.1, 0.15) is 0 Å². The third-order valence-corrected chi connectivity index (χ3v) is 4.10. The van der Waals surface area contributed by atoms with Gasteiger partial charge < -0.3 is 5.32 Å². The molecule has 0 saturated heterocycles. The van der Waals surface area contributed by atoms with Crippen LogP contribution in [0.25, 0.3) is 11.3 Å². The van der Waals surface area contributed by atoms with Crippen LogP contribution >= 0.6 is 11.3 Å². The fourth-order valence-electron chi connectivity index (χ4n) is 2.06. The van der Waals surface area contributed by atoms with Gasteiger partial charge in [-0.15, -0.1) is 11.3 Å². The molecular formula is C16H15N3OS. The minimum Gasteiger partial charge on any atom is -0.326 e. The first-order chi connectivity index (χ1) is 10.3. The summed E-state index contributed by atoms with van der Waals surface area (Å²) in [6.07, 6.45) is 3.01. The van der Waals surface area contributed by atoms with E-state index in [2.05, 4.69) is 21.6 Å². The molecule has 1 aromatic carbocycles. The predicted octanol–water partition coefficient (Wildman–Crippen LogP) is 3.71. The maximum absolute atomic E-state index is 11.9. The third kappa shape index (κ3) is 3.58. The van der Waals surface area contributed by atoms with Gasteiger partial charge in [-0.25, -0.2) is 0 Å². The van der Waals surface area contributed by atoms with Crippen molar-refractivity contribution in [3.05, 3.63) is 58.9 Å². The van der Waals surface area contributed by atoms with Gasteiger partial charge in [-0.1, -0.05) is 18.2 Å². The zero-order chi connectivity index (χ0) is 14.5. The van der Waals surface area contributed by atoms with Gasteiger partial charge in [0.15, 0.2) is 0 Å². The number of H-pyrrole nitrogens is 1. The lowest BCUT2D eigenvalue weighted by molar-refractivity contribution is -0.116. The molecule has 5 heteroatoms. The third-order valence-electron chi connectivity index (χ3n) is 3.16. The molecule has 0 unspecified atom stereocenters. The second-order valence-corrected chi connectivity index (χ2v) is 5.71. The molecule has 106 valence electrons. The highest BCUT2D eigenvalue weighted by Crippen LogP contribution is 2.19. The van der Waals surface area contributed by atoms with Crippen molar-refractivity contribution in [2.75, 3.05) is 5.32 Å². The van der Waals surface area contributed by atoms with E-state index in [4.69, 9.17) is 0 Å². The SMILES string of the molecule is O=C(CCc1cccs1)Nc1ccc(-c2ccn[nH]2)cc1. The summed E-state index contributed by atoms with van der Waals surface area (Å²) < 4.78 is 0. The number of rotatable bonds is 5. The summed E-state index contributed by atoms with van der Waals surface area (Å²) in [4.78, 5) is 13.1. The lowest BCUT2D eigenvalue weighted by Crippen LogP contribution is -2.11. The van der Waals surface area contributed by atoms with Crippen molar-refractivity contribution in [1.82, 2.24) is 10.2 Å². The summed E-state index contributed by atoms with van der Waals surface area (Å²) in [5.41, 5.74) is 2.82. The Morgan fingerprint density at radius 3 is 2.71 bits per heavy atom. The number of aromatic amines is 1. The van der Waals surface area contributed by atoms with Crippen LogP contribution in [-0.2, 0) is 11.2 Å². The molecule has 0 fully saturated rings. The molecule has 0 aliphatic heterocycles. The zero-order valence-electron chi connectivity index (χ0n) is 11.4. The van der Waals surface area contributed by atoms with Crippen LogP contribution in [0, 0.1) is 0 Å². The fraction of sp³-hybridized carbons (Fsp3) is 0.125. The molecule has 0 bridgehead atoms. The Morgan fingerprint density at radius 1 is 1.19 bits per heavy atom. The quantitative estimate of drug-likeness (QED) is 0.754. The van der Waals surface area contributed by atoms with Gasteiger partial charge in [0.25, 0.3) is 0 Å². The summed E-state index contributed by atoms with van der Waals surface area (Å²) in [7, 11) is 0. The fourth-order valence-corrected chi connectivity index (χ4v) is 2.77. The number of aryl methyl sites for hydroxylation is 1. The molecule has 0 saturated carbocycles. The molecule has 0 aliphatic carbocycles. The van der Waals surface area contributed by atoms with E-state index >= 15 is 0 Å². The highest BCUT2D eigenvalue weighted by molar-refractivity contribution is 7.09. The molecule has 1 amide bonds. The highest BCUT2D eigenvalue weighted by Gasteiger charge is 2.04. The predicted molar refractivity (Wildman–Crippen MR) is 85.3 cm³/mol. The smallest absolute Gasteiger partial charge is 0.224 e. The average molecular weight is 297 g/mol. The summed E-state index contributed by atoms with van der Waals surface area (Å²) in [5.74, 6) is 0.0395. The molecule has 3 aromatic rings. The first-order valence-corrected chi connectivity index (χ1v) is 7.61. The molecule has 2 heterocycles. The Bertz CT molecular complexity index is 688. The van der Waals surface area contributed by atoms with E-state index < -0.39 is 0 Å². The molecule has 21 heavy (non-hydrogen) atoms. The average Bonchev–Trinajstić information content (AvgIpc) is 3.19. The van der Waals surface area contributed by atoms with Crippen molar-refractivity contribution in [3.63, 3.8) is 0 Å². The van der Waals surface area contributed by atoms with E-state index in [1.807, 2.05) is 41.8 Å². The first kappa shape index (κ1) is 13.6. The molecule has 0 aliphatic rings. The molecule has 0 radical (unpaired) electrons. The van der Waals surface area contributed by atoms with Gasteiger partial charge in [-0.05, 0) is 41.6 Å². The van der Waals surface area contributed by atoms with Crippen molar-refractivity contribution in [2.45, 2.75) is 12.8 Å². The van der Waals surface area contributed by atoms with Gasteiger partial charge in [0, 0.05) is 23.2 Å². The van der Waals surface area contributed by atoms with E-state index in [1.165, 1.54) is 4.88 Å². The molecule has 2 N–H and O–H groups in total. The number of carbonyl (C=O) groups is 1. The number of carbonyl (C=O) groups excluding carboxylic acids is 1. The normalized spacial score (nSPS) is 10.5. The van der Waals surface area contributed by atoms with Crippen LogP contribution in [0.5, 0.6) is 0 Å². The Labute approximate surface area is 126 Å². The number of nitrogens with one attached hydrogen (secondary N) is 2. The largest absolute Gasteiger partial charge is 0.326 e. The molecule has 0 atom stereocenters. The van der Waals surface area contributed by atoms with Gasteiger partial charge in [-0.2, -0.15) is 5.10 Å². The lowest BCUT2D eigenvalue weighted by atomic mass is 10.1. The van der Waals surface area contributed by atoms with Crippen LogP contribution in [0.15, 0.2) is 54.0 Å². The summed E-state index contributed by atoms with van der Waals surface area (Å²) >= 11 is 1.68. The summed E-state index contributed by atoms with van der Waals surface area (Å²) in [6, 6.07) is 13.7. The van der Waals surface area contributed by atoms with Crippen molar-refractivity contribution < 1.29 is 4.79 Å². The van der Waals surface area contributed by atoms with Crippen molar-refractivity contribution in [3.8, 4) is 11.3 Å². The Kier molecular flexibility index (Phi) is 4.12. The van der Waals surface area contributed by atoms with Crippen molar-refractivity contribution in [2.24, 2.45) is 0 Å². The van der Waals surface area contributed by atoms with Gasteiger partial charge in [0.05, 0.1) is 5.69 Å².